The fourth-order valence-corrected chi connectivity index (χ4v) is 4.93. The highest BCUT2D eigenvalue weighted by atomic mass is 16.6. The van der Waals surface area contributed by atoms with Gasteiger partial charge in [-0.3, -0.25) is 4.79 Å². The molecule has 3 heterocycles. The van der Waals surface area contributed by atoms with Gasteiger partial charge in [0.05, 0.1) is 37.6 Å². The summed E-state index contributed by atoms with van der Waals surface area (Å²) in [5, 5.41) is 3.00. The molecule has 6 nitrogen and oxygen atoms in total. The van der Waals surface area contributed by atoms with E-state index >= 15 is 0 Å². The van der Waals surface area contributed by atoms with Gasteiger partial charge < -0.3 is 24.3 Å². The quantitative estimate of drug-likeness (QED) is 0.513. The van der Waals surface area contributed by atoms with Crippen LogP contribution in [0.4, 0.5) is 0 Å². The number of nitrogens with one attached hydrogen (secondary N) is 1. The number of hydrogen-bond acceptors (Lipinski definition) is 5. The molecule has 0 aromatic rings. The van der Waals surface area contributed by atoms with Crippen molar-refractivity contribution in [2.75, 3.05) is 19.8 Å². The summed E-state index contributed by atoms with van der Waals surface area (Å²) in [4.78, 5) is 12.9. The molecule has 2 unspecified atom stereocenters. The van der Waals surface area contributed by atoms with E-state index in [2.05, 4.69) is 33.0 Å². The van der Waals surface area contributed by atoms with Crippen LogP contribution in [0.2, 0.25) is 0 Å². The van der Waals surface area contributed by atoms with Gasteiger partial charge in [0.15, 0.2) is 5.60 Å². The number of fused-ring (bicyclic) bond motifs is 2. The smallest absolute Gasteiger partial charge is 0.255 e. The van der Waals surface area contributed by atoms with Crippen LogP contribution in [0, 0.1) is 17.8 Å². The molecule has 152 valence electrons. The van der Waals surface area contributed by atoms with E-state index in [4.69, 9.17) is 26.8 Å². The Kier molecular flexibility index (Phi) is 6.56. The molecule has 27 heavy (non-hydrogen) atoms. The van der Waals surface area contributed by atoms with Crippen molar-refractivity contribution in [1.82, 2.24) is 5.32 Å². The topological polar surface area (TPSA) is 66.0 Å². The van der Waals surface area contributed by atoms with Crippen LogP contribution in [-0.2, 0) is 23.7 Å². The normalized spacial score (nSPS) is 41.0. The van der Waals surface area contributed by atoms with Crippen LogP contribution in [0.25, 0.3) is 0 Å². The number of rotatable bonds is 8. The highest BCUT2D eigenvalue weighted by Crippen LogP contribution is 2.48. The molecule has 0 saturated carbocycles. The van der Waals surface area contributed by atoms with Gasteiger partial charge in [0.2, 0.25) is 0 Å². The van der Waals surface area contributed by atoms with Gasteiger partial charge >= 0.3 is 0 Å². The second-order valence-corrected chi connectivity index (χ2v) is 9.00. The van der Waals surface area contributed by atoms with E-state index in [1.165, 1.54) is 0 Å². The number of amides is 1. The zero-order chi connectivity index (χ0) is 19.8. The lowest BCUT2D eigenvalue weighted by Crippen LogP contribution is -2.54. The number of hydrogen-bond donors (Lipinski definition) is 1. The molecular formula is C20H34BNO5. The summed E-state index contributed by atoms with van der Waals surface area (Å²) in [6, 6.07) is -0.264. The summed E-state index contributed by atoms with van der Waals surface area (Å²) in [6.07, 6.45) is 1.59. The third kappa shape index (κ3) is 4.21. The van der Waals surface area contributed by atoms with Crippen LogP contribution in [0.3, 0.4) is 0 Å². The van der Waals surface area contributed by atoms with Crippen molar-refractivity contribution < 1.29 is 23.7 Å². The molecule has 7 atom stereocenters. The van der Waals surface area contributed by atoms with Gasteiger partial charge in [0.25, 0.3) is 5.91 Å². The Balaban J connectivity index is 1.48. The Morgan fingerprint density at radius 3 is 2.70 bits per heavy atom. The van der Waals surface area contributed by atoms with Gasteiger partial charge in [-0.2, -0.15) is 0 Å². The molecule has 2 radical (unpaired) electrons. The molecule has 3 saturated heterocycles. The van der Waals surface area contributed by atoms with Gasteiger partial charge in [-0.1, -0.05) is 27.7 Å². The minimum Gasteiger partial charge on any atom is -0.382 e. The molecule has 3 rings (SSSR count). The first-order valence-electron chi connectivity index (χ1n) is 10.3. The minimum absolute atomic E-state index is 0.000849. The Hall–Kier alpha value is -0.625. The van der Waals surface area contributed by atoms with E-state index in [0.717, 1.165) is 6.42 Å². The predicted octanol–water partition coefficient (Wildman–Crippen LogP) is 1.65. The molecular weight excluding hydrogens is 345 g/mol. The van der Waals surface area contributed by atoms with E-state index in [9.17, 15) is 4.79 Å². The molecule has 3 aliphatic heterocycles. The third-order valence-corrected chi connectivity index (χ3v) is 6.00. The van der Waals surface area contributed by atoms with Gasteiger partial charge in [-0.25, -0.2) is 0 Å². The minimum atomic E-state index is -0.864. The number of carbonyl (C=O) groups excluding carboxylic acids is 1. The average Bonchev–Trinajstić information content (AvgIpc) is 3.20. The average molecular weight is 379 g/mol. The largest absolute Gasteiger partial charge is 0.382 e. The monoisotopic (exact) mass is 379 g/mol. The summed E-state index contributed by atoms with van der Waals surface area (Å²) in [5.74, 6) is 0.841. The first-order chi connectivity index (χ1) is 12.7. The maximum atomic E-state index is 12.9. The van der Waals surface area contributed by atoms with Crippen LogP contribution in [0.1, 0.15) is 47.5 Å². The predicted molar refractivity (Wildman–Crippen MR) is 103 cm³/mol. The summed E-state index contributed by atoms with van der Waals surface area (Å²) in [7, 11) is 5.92. The standard InChI is InChI=1S/C20H34BNO5/c1-11(2)8-15-14(9-16(21)26-15)24-7-6-22-19(23)20-10-25-18(13(5)27-20)17(20)12(3)4/h11-18H,6-10H2,1-5H3,(H,22,23)/t13-,14?,15+,16+,17?,18+,20+/m0/s1. The lowest BCUT2D eigenvalue weighted by atomic mass is 9.79. The summed E-state index contributed by atoms with van der Waals surface area (Å²) >= 11 is 0. The molecule has 3 aliphatic rings. The Morgan fingerprint density at radius 2 is 2.07 bits per heavy atom. The Labute approximate surface area is 164 Å². The second-order valence-electron chi connectivity index (χ2n) is 9.00. The van der Waals surface area contributed by atoms with Crippen LogP contribution >= 0.6 is 0 Å². The summed E-state index contributed by atoms with van der Waals surface area (Å²) in [5.41, 5.74) is -0.864. The molecule has 1 N–H and O–H groups in total. The van der Waals surface area contributed by atoms with Gasteiger partial charge in [-0.15, -0.1) is 0 Å². The van der Waals surface area contributed by atoms with Crippen molar-refractivity contribution >= 4 is 13.8 Å². The van der Waals surface area contributed by atoms with Gasteiger partial charge in [0.1, 0.15) is 7.85 Å². The number of ether oxygens (including phenoxy) is 4. The van der Waals surface area contributed by atoms with Crippen molar-refractivity contribution in [3.8, 4) is 0 Å². The van der Waals surface area contributed by atoms with E-state index in [1.54, 1.807) is 0 Å². The maximum Gasteiger partial charge on any atom is 0.255 e. The SMILES string of the molecule is [B][C@H]1CC(OCCNC(=O)[C@@]23CO[C@@H](C2C(C)C)[C@H](C)O3)[C@@H](CC(C)C)O1. The molecule has 2 bridgehead atoms. The van der Waals surface area contributed by atoms with E-state index in [-0.39, 0.29) is 42.2 Å². The Morgan fingerprint density at radius 1 is 1.33 bits per heavy atom. The molecule has 0 aromatic heterocycles. The zero-order valence-electron chi connectivity index (χ0n) is 17.3. The van der Waals surface area contributed by atoms with Gasteiger partial charge in [-0.05, 0) is 31.6 Å². The van der Waals surface area contributed by atoms with Crippen LogP contribution in [0.15, 0.2) is 0 Å². The summed E-state index contributed by atoms with van der Waals surface area (Å²) < 4.78 is 23.7. The highest BCUT2D eigenvalue weighted by Gasteiger charge is 2.64. The third-order valence-electron chi connectivity index (χ3n) is 6.00. The van der Waals surface area contributed by atoms with Crippen LogP contribution < -0.4 is 5.32 Å². The van der Waals surface area contributed by atoms with E-state index < -0.39 is 5.60 Å². The first kappa shape index (κ1) is 21.1. The molecule has 0 aromatic carbocycles. The maximum absolute atomic E-state index is 12.9. The van der Waals surface area contributed by atoms with Crippen molar-refractivity contribution in [2.45, 2.75) is 83.5 Å². The van der Waals surface area contributed by atoms with Crippen LogP contribution in [0.5, 0.6) is 0 Å². The molecule has 0 aliphatic carbocycles. The first-order valence-corrected chi connectivity index (χ1v) is 10.3. The van der Waals surface area contributed by atoms with Crippen molar-refractivity contribution in [3.05, 3.63) is 0 Å². The highest BCUT2D eigenvalue weighted by molar-refractivity contribution is 6.11. The van der Waals surface area contributed by atoms with Gasteiger partial charge in [0, 0.05) is 18.5 Å². The fraction of sp³-hybridized carbons (Fsp3) is 0.950. The molecule has 0 spiro atoms. The fourth-order valence-electron chi connectivity index (χ4n) is 4.93. The van der Waals surface area contributed by atoms with E-state index in [1.807, 2.05) is 6.92 Å². The van der Waals surface area contributed by atoms with E-state index in [0.29, 0.717) is 38.0 Å². The zero-order valence-corrected chi connectivity index (χ0v) is 17.3. The van der Waals surface area contributed by atoms with Crippen molar-refractivity contribution in [1.29, 1.82) is 0 Å². The second kappa shape index (κ2) is 8.40. The van der Waals surface area contributed by atoms with Crippen molar-refractivity contribution in [2.24, 2.45) is 17.8 Å². The number of carbonyl (C=O) groups is 1. The molecule has 1 amide bonds. The summed E-state index contributed by atoms with van der Waals surface area (Å²) in [6.45, 7) is 11.8. The molecule has 3 fully saturated rings. The van der Waals surface area contributed by atoms with Crippen LogP contribution in [-0.4, -0.2) is 69.5 Å². The molecule has 7 heteroatoms. The van der Waals surface area contributed by atoms with Crippen molar-refractivity contribution in [3.63, 3.8) is 0 Å². The lowest BCUT2D eigenvalue weighted by Gasteiger charge is -2.31. The Bertz CT molecular complexity index is 531. The lowest BCUT2D eigenvalue weighted by molar-refractivity contribution is -0.167.